The van der Waals surface area contributed by atoms with Gasteiger partial charge in [-0.25, -0.2) is 0 Å². The van der Waals surface area contributed by atoms with Crippen LogP contribution >= 0.6 is 0 Å². The van der Waals surface area contributed by atoms with Crippen molar-refractivity contribution in [1.82, 2.24) is 5.32 Å². The number of rotatable bonds is 9. The lowest BCUT2D eigenvalue weighted by Crippen LogP contribution is -2.15. The van der Waals surface area contributed by atoms with E-state index in [4.69, 9.17) is 9.47 Å². The molecule has 0 unspecified atom stereocenters. The van der Waals surface area contributed by atoms with Crippen LogP contribution in [0.3, 0.4) is 0 Å². The third kappa shape index (κ3) is 5.32. The molecule has 1 aliphatic carbocycles. The molecule has 1 fully saturated rings. The maximum absolute atomic E-state index is 11.0. The van der Waals surface area contributed by atoms with Crippen molar-refractivity contribution < 1.29 is 14.4 Å². The molecule has 0 atom stereocenters. The highest BCUT2D eigenvalue weighted by Gasteiger charge is 2.21. The van der Waals surface area contributed by atoms with Crippen LogP contribution in [0.15, 0.2) is 18.2 Å². The number of hydrogen-bond acceptors (Lipinski definition) is 5. The first-order valence-corrected chi connectivity index (χ1v) is 7.31. The number of ether oxygens (including phenoxy) is 2. The highest BCUT2D eigenvalue weighted by Crippen LogP contribution is 2.28. The van der Waals surface area contributed by atoms with Crippen molar-refractivity contribution in [3.63, 3.8) is 0 Å². The molecule has 6 nitrogen and oxygen atoms in total. The minimum absolute atomic E-state index is 0.00489. The van der Waals surface area contributed by atoms with Crippen molar-refractivity contribution in [3.05, 3.63) is 33.9 Å². The molecule has 0 aliphatic heterocycles. The first-order valence-electron chi connectivity index (χ1n) is 7.31. The second kappa shape index (κ2) is 7.38. The molecule has 6 heteroatoms. The summed E-state index contributed by atoms with van der Waals surface area (Å²) in [6.45, 7) is 5.30. The van der Waals surface area contributed by atoms with Crippen LogP contribution in [0, 0.1) is 10.1 Å². The quantitative estimate of drug-likeness (QED) is 0.430. The fourth-order valence-corrected chi connectivity index (χ4v) is 1.92. The van der Waals surface area contributed by atoms with Gasteiger partial charge >= 0.3 is 5.69 Å². The van der Waals surface area contributed by atoms with Gasteiger partial charge in [-0.2, -0.15) is 0 Å². The van der Waals surface area contributed by atoms with Crippen LogP contribution in [0.5, 0.6) is 5.75 Å². The Morgan fingerprint density at radius 3 is 2.76 bits per heavy atom. The van der Waals surface area contributed by atoms with Gasteiger partial charge in [-0.1, -0.05) is 6.07 Å². The standard InChI is InChI=1S/C15H22N2O4/c1-11(2)20-7-8-21-15-9-12(10-16-13-4-5-13)3-6-14(15)17(18)19/h3,6,9,11,13,16H,4-5,7-8,10H2,1-2H3. The van der Waals surface area contributed by atoms with Gasteiger partial charge in [0.05, 0.1) is 17.6 Å². The Morgan fingerprint density at radius 2 is 2.14 bits per heavy atom. The van der Waals surface area contributed by atoms with Crippen LogP contribution in [0.25, 0.3) is 0 Å². The van der Waals surface area contributed by atoms with E-state index in [1.807, 2.05) is 13.8 Å². The zero-order valence-corrected chi connectivity index (χ0v) is 12.5. The Morgan fingerprint density at radius 1 is 1.38 bits per heavy atom. The Labute approximate surface area is 124 Å². The van der Waals surface area contributed by atoms with Gasteiger partial charge in [-0.15, -0.1) is 0 Å². The topological polar surface area (TPSA) is 73.6 Å². The highest BCUT2D eigenvalue weighted by atomic mass is 16.6. The van der Waals surface area contributed by atoms with Crippen molar-refractivity contribution in [2.45, 2.75) is 45.4 Å². The maximum Gasteiger partial charge on any atom is 0.310 e. The molecule has 0 aromatic heterocycles. The van der Waals surface area contributed by atoms with E-state index < -0.39 is 4.92 Å². The molecule has 2 rings (SSSR count). The minimum Gasteiger partial charge on any atom is -0.484 e. The number of nitrogens with zero attached hydrogens (tertiary/aromatic N) is 1. The highest BCUT2D eigenvalue weighted by molar-refractivity contribution is 5.48. The summed E-state index contributed by atoms with van der Waals surface area (Å²) >= 11 is 0. The Hall–Kier alpha value is -1.66. The van der Waals surface area contributed by atoms with Gasteiger partial charge in [0.15, 0.2) is 5.75 Å². The number of benzene rings is 1. The van der Waals surface area contributed by atoms with Crippen LogP contribution in [-0.4, -0.2) is 30.3 Å². The molecule has 0 radical (unpaired) electrons. The van der Waals surface area contributed by atoms with Crippen molar-refractivity contribution >= 4 is 5.69 Å². The molecule has 1 saturated carbocycles. The summed E-state index contributed by atoms with van der Waals surface area (Å²) in [6, 6.07) is 5.61. The fraction of sp³-hybridized carbons (Fsp3) is 0.600. The predicted molar refractivity (Wildman–Crippen MR) is 79.5 cm³/mol. The Bertz CT molecular complexity index is 487. The minimum atomic E-state index is -0.420. The van der Waals surface area contributed by atoms with Crippen LogP contribution < -0.4 is 10.1 Å². The molecule has 0 heterocycles. The normalized spacial score (nSPS) is 14.4. The number of nitro benzene ring substituents is 1. The molecule has 116 valence electrons. The predicted octanol–water partition coefficient (Wildman–Crippen LogP) is 2.65. The van der Waals surface area contributed by atoms with Gasteiger partial charge in [0.1, 0.15) is 6.61 Å². The van der Waals surface area contributed by atoms with E-state index >= 15 is 0 Å². The first kappa shape index (κ1) is 15.7. The summed E-state index contributed by atoms with van der Waals surface area (Å²) < 4.78 is 10.9. The molecule has 0 amide bonds. The van der Waals surface area contributed by atoms with Crippen molar-refractivity contribution in [2.75, 3.05) is 13.2 Å². The van der Waals surface area contributed by atoms with E-state index in [0.717, 1.165) is 5.56 Å². The summed E-state index contributed by atoms with van der Waals surface area (Å²) in [5, 5.41) is 14.4. The van der Waals surface area contributed by atoms with Crippen LogP contribution in [0.2, 0.25) is 0 Å². The molecule has 1 N–H and O–H groups in total. The SMILES string of the molecule is CC(C)OCCOc1cc(CNC2CC2)ccc1[N+](=O)[O-]. The third-order valence-corrected chi connectivity index (χ3v) is 3.19. The van der Waals surface area contributed by atoms with E-state index in [0.29, 0.717) is 31.5 Å². The molecule has 1 aromatic rings. The number of nitrogens with one attached hydrogen (secondary N) is 1. The fourth-order valence-electron chi connectivity index (χ4n) is 1.92. The lowest BCUT2D eigenvalue weighted by molar-refractivity contribution is -0.385. The second-order valence-corrected chi connectivity index (χ2v) is 5.48. The van der Waals surface area contributed by atoms with Gasteiger partial charge in [-0.05, 0) is 38.3 Å². The molecule has 1 aromatic carbocycles. The van der Waals surface area contributed by atoms with Crippen molar-refractivity contribution in [2.24, 2.45) is 0 Å². The number of hydrogen-bond donors (Lipinski definition) is 1. The van der Waals surface area contributed by atoms with E-state index in [2.05, 4.69) is 5.32 Å². The molecule has 21 heavy (non-hydrogen) atoms. The van der Waals surface area contributed by atoms with Crippen molar-refractivity contribution in [1.29, 1.82) is 0 Å². The van der Waals surface area contributed by atoms with E-state index in [-0.39, 0.29) is 11.8 Å². The largest absolute Gasteiger partial charge is 0.484 e. The van der Waals surface area contributed by atoms with Gasteiger partial charge in [0, 0.05) is 18.7 Å². The lowest BCUT2D eigenvalue weighted by atomic mass is 10.2. The summed E-state index contributed by atoms with van der Waals surface area (Å²) in [6.07, 6.45) is 2.55. The molecule has 0 bridgehead atoms. The molecule has 0 spiro atoms. The Balaban J connectivity index is 1.95. The zero-order valence-electron chi connectivity index (χ0n) is 12.5. The van der Waals surface area contributed by atoms with E-state index in [1.165, 1.54) is 18.9 Å². The summed E-state index contributed by atoms with van der Waals surface area (Å²) in [7, 11) is 0. The summed E-state index contributed by atoms with van der Waals surface area (Å²) in [5.41, 5.74) is 0.988. The summed E-state index contributed by atoms with van der Waals surface area (Å²) in [5.74, 6) is 0.308. The van der Waals surface area contributed by atoms with Gasteiger partial charge < -0.3 is 14.8 Å². The zero-order chi connectivity index (χ0) is 15.2. The van der Waals surface area contributed by atoms with Crippen molar-refractivity contribution in [3.8, 4) is 5.75 Å². The Kier molecular flexibility index (Phi) is 5.52. The molecule has 1 aliphatic rings. The average Bonchev–Trinajstić information content (AvgIpc) is 3.25. The molecule has 0 saturated heterocycles. The van der Waals surface area contributed by atoms with Crippen LogP contribution in [0.1, 0.15) is 32.3 Å². The first-order chi connectivity index (χ1) is 10.1. The lowest BCUT2D eigenvalue weighted by Gasteiger charge is -2.11. The molecular formula is C15H22N2O4. The average molecular weight is 294 g/mol. The molecular weight excluding hydrogens is 272 g/mol. The monoisotopic (exact) mass is 294 g/mol. The number of nitro groups is 1. The smallest absolute Gasteiger partial charge is 0.310 e. The van der Waals surface area contributed by atoms with Gasteiger partial charge in [0.2, 0.25) is 0 Å². The van der Waals surface area contributed by atoms with E-state index in [9.17, 15) is 10.1 Å². The van der Waals surface area contributed by atoms with Crippen LogP contribution in [-0.2, 0) is 11.3 Å². The van der Waals surface area contributed by atoms with Gasteiger partial charge in [-0.3, -0.25) is 10.1 Å². The van der Waals surface area contributed by atoms with Crippen LogP contribution in [0.4, 0.5) is 5.69 Å². The maximum atomic E-state index is 11.0. The van der Waals surface area contributed by atoms with E-state index in [1.54, 1.807) is 12.1 Å². The third-order valence-electron chi connectivity index (χ3n) is 3.19. The van der Waals surface area contributed by atoms with Gasteiger partial charge in [0.25, 0.3) is 0 Å². The second-order valence-electron chi connectivity index (χ2n) is 5.48. The summed E-state index contributed by atoms with van der Waals surface area (Å²) in [4.78, 5) is 10.6.